The molecule has 0 amide bonds. The highest BCUT2D eigenvalue weighted by Crippen LogP contribution is 2.49. The van der Waals surface area contributed by atoms with E-state index in [4.69, 9.17) is 0 Å². The molecular formula is C61H42N2S2. The van der Waals surface area contributed by atoms with Crippen molar-refractivity contribution in [2.75, 3.05) is 9.80 Å². The molecular weight excluding hydrogens is 825 g/mol. The Morgan fingerprint density at radius 2 is 1.05 bits per heavy atom. The highest BCUT2D eigenvalue weighted by Gasteiger charge is 2.26. The Morgan fingerprint density at radius 3 is 1.83 bits per heavy atom. The van der Waals surface area contributed by atoms with Gasteiger partial charge in [0.2, 0.25) is 0 Å². The van der Waals surface area contributed by atoms with Crippen molar-refractivity contribution in [1.82, 2.24) is 0 Å². The first-order chi connectivity index (χ1) is 32.2. The van der Waals surface area contributed by atoms with Crippen LogP contribution in [0.1, 0.15) is 17.5 Å². The van der Waals surface area contributed by atoms with Crippen LogP contribution in [0, 0.1) is 0 Å². The van der Waals surface area contributed by atoms with Crippen LogP contribution in [0.15, 0.2) is 224 Å². The third-order valence-electron chi connectivity index (χ3n) is 13.4. The van der Waals surface area contributed by atoms with Gasteiger partial charge >= 0.3 is 0 Å². The molecule has 11 aromatic rings. The molecule has 0 fully saturated rings. The Kier molecular flexibility index (Phi) is 9.14. The van der Waals surface area contributed by atoms with Gasteiger partial charge in [-0.05, 0) is 137 Å². The van der Waals surface area contributed by atoms with Gasteiger partial charge in [0, 0.05) is 74.3 Å². The lowest BCUT2D eigenvalue weighted by Crippen LogP contribution is -2.29. The SMILES string of the molecule is C1=CCC(N(c2ccccc2)c2cc(-c3ccc4sc5cc(-c6cc(N(c7ccccc7)c7ccccc7)cc7c6Cc6ccccc6-7)ccc5c4c3)c3sc4ccccc4c3c2)C=C1. The largest absolute Gasteiger partial charge is 0.334 e. The monoisotopic (exact) mass is 866 g/mol. The molecule has 2 aliphatic rings. The van der Waals surface area contributed by atoms with Gasteiger partial charge in [0.1, 0.15) is 0 Å². The van der Waals surface area contributed by atoms with Gasteiger partial charge in [0.05, 0.1) is 6.04 Å². The lowest BCUT2D eigenvalue weighted by Gasteiger charge is -2.33. The number of anilines is 5. The number of nitrogens with zero attached hydrogens (tertiary/aromatic N) is 2. The fraction of sp³-hybridized carbons (Fsp3) is 0.0492. The van der Waals surface area contributed by atoms with Crippen molar-refractivity contribution in [3.8, 4) is 33.4 Å². The highest BCUT2D eigenvalue weighted by atomic mass is 32.1. The van der Waals surface area contributed by atoms with E-state index in [-0.39, 0.29) is 6.04 Å². The molecule has 4 heteroatoms. The molecule has 0 spiro atoms. The number of hydrogen-bond acceptors (Lipinski definition) is 4. The molecule has 308 valence electrons. The van der Waals surface area contributed by atoms with Crippen LogP contribution in [0.3, 0.4) is 0 Å². The standard InChI is InChI=1S/C61H42N2S2/c1-5-18-43(19-6-1)62(44-20-7-2-8-21-44)47-36-52(54-33-40-17-13-14-26-49(40)55(54)38-47)42-29-31-51-56-34-41(30-32-59(56)64-60(51)35-42)53-37-48(39-57-50-27-15-16-28-58(50)65-61(53)57)63(45-22-9-3-10-23-45)46-24-11-4-12-25-46/h1-24,26-32,34-39,46H,25,33H2. The molecule has 2 heterocycles. The number of fused-ring (bicyclic) bond motifs is 9. The average Bonchev–Trinajstić information content (AvgIpc) is 4.06. The van der Waals surface area contributed by atoms with Crippen LogP contribution in [-0.4, -0.2) is 6.04 Å². The zero-order valence-corrected chi connectivity index (χ0v) is 37.2. The number of thiophene rings is 2. The van der Waals surface area contributed by atoms with Crippen LogP contribution in [-0.2, 0) is 6.42 Å². The van der Waals surface area contributed by atoms with E-state index >= 15 is 0 Å². The summed E-state index contributed by atoms with van der Waals surface area (Å²) in [6.07, 6.45) is 10.9. The molecule has 0 N–H and O–H groups in total. The van der Waals surface area contributed by atoms with Crippen LogP contribution >= 0.6 is 22.7 Å². The molecule has 65 heavy (non-hydrogen) atoms. The summed E-state index contributed by atoms with van der Waals surface area (Å²) in [6, 6.07) is 74.6. The normalized spacial score (nSPS) is 14.1. The maximum Gasteiger partial charge on any atom is 0.0559 e. The summed E-state index contributed by atoms with van der Waals surface area (Å²) in [4.78, 5) is 4.92. The summed E-state index contributed by atoms with van der Waals surface area (Å²) in [5.74, 6) is 0. The van der Waals surface area contributed by atoms with E-state index < -0.39 is 0 Å². The maximum atomic E-state index is 2.53. The second-order valence-corrected chi connectivity index (χ2v) is 19.3. The minimum atomic E-state index is 0.214. The number of rotatable bonds is 8. The van der Waals surface area contributed by atoms with E-state index in [0.29, 0.717) is 0 Å². The van der Waals surface area contributed by atoms with Crippen molar-refractivity contribution in [2.45, 2.75) is 18.9 Å². The predicted octanol–water partition coefficient (Wildman–Crippen LogP) is 17.8. The molecule has 0 saturated heterocycles. The van der Waals surface area contributed by atoms with E-state index in [1.54, 1.807) is 0 Å². The van der Waals surface area contributed by atoms with E-state index in [0.717, 1.165) is 29.9 Å². The first-order valence-electron chi connectivity index (χ1n) is 22.5. The van der Waals surface area contributed by atoms with Gasteiger partial charge in [-0.1, -0.05) is 140 Å². The minimum absolute atomic E-state index is 0.214. The molecule has 2 nitrogen and oxygen atoms in total. The van der Waals surface area contributed by atoms with Crippen LogP contribution in [0.4, 0.5) is 28.4 Å². The first-order valence-corrected chi connectivity index (χ1v) is 24.1. The topological polar surface area (TPSA) is 6.48 Å². The summed E-state index contributed by atoms with van der Waals surface area (Å²) in [6.45, 7) is 0. The van der Waals surface area contributed by atoms with E-state index in [1.165, 1.54) is 96.2 Å². The molecule has 0 saturated carbocycles. The van der Waals surface area contributed by atoms with E-state index in [2.05, 4.69) is 234 Å². The van der Waals surface area contributed by atoms with Crippen molar-refractivity contribution in [3.63, 3.8) is 0 Å². The summed E-state index contributed by atoms with van der Waals surface area (Å²) in [5, 5.41) is 5.23. The average molecular weight is 867 g/mol. The number of para-hydroxylation sites is 3. The van der Waals surface area contributed by atoms with Crippen molar-refractivity contribution in [2.24, 2.45) is 0 Å². The smallest absolute Gasteiger partial charge is 0.0559 e. The summed E-state index contributed by atoms with van der Waals surface area (Å²) in [5.41, 5.74) is 16.4. The second kappa shape index (κ2) is 15.6. The van der Waals surface area contributed by atoms with Gasteiger partial charge in [-0.25, -0.2) is 0 Å². The van der Waals surface area contributed by atoms with Crippen LogP contribution < -0.4 is 9.80 Å². The van der Waals surface area contributed by atoms with Crippen LogP contribution in [0.2, 0.25) is 0 Å². The second-order valence-electron chi connectivity index (χ2n) is 17.2. The van der Waals surface area contributed by atoms with Gasteiger partial charge in [-0.15, -0.1) is 22.7 Å². The van der Waals surface area contributed by atoms with Crippen molar-refractivity contribution in [3.05, 3.63) is 236 Å². The fourth-order valence-corrected chi connectivity index (χ4v) is 12.7. The fourth-order valence-electron chi connectivity index (χ4n) is 10.4. The Balaban J connectivity index is 0.968. The Labute approximate surface area is 386 Å². The molecule has 2 aromatic heterocycles. The van der Waals surface area contributed by atoms with Gasteiger partial charge in [-0.3, -0.25) is 0 Å². The predicted molar refractivity (Wildman–Crippen MR) is 281 cm³/mol. The van der Waals surface area contributed by atoms with E-state index in [9.17, 15) is 0 Å². The Morgan fingerprint density at radius 1 is 0.400 bits per heavy atom. The minimum Gasteiger partial charge on any atom is -0.334 e. The lowest BCUT2D eigenvalue weighted by atomic mass is 9.93. The lowest BCUT2D eigenvalue weighted by molar-refractivity contribution is 0.785. The number of benzene rings is 9. The maximum absolute atomic E-state index is 2.53. The number of hydrogen-bond donors (Lipinski definition) is 0. The molecule has 1 atom stereocenters. The van der Waals surface area contributed by atoms with Crippen molar-refractivity contribution < 1.29 is 0 Å². The Bertz CT molecular complexity index is 3630. The number of allylic oxidation sites excluding steroid dienone is 2. The van der Waals surface area contributed by atoms with Gasteiger partial charge < -0.3 is 9.80 Å². The summed E-state index contributed by atoms with van der Waals surface area (Å²) in [7, 11) is 0. The molecule has 0 radical (unpaired) electrons. The zero-order valence-electron chi connectivity index (χ0n) is 35.6. The summed E-state index contributed by atoms with van der Waals surface area (Å²) >= 11 is 3.81. The van der Waals surface area contributed by atoms with Crippen molar-refractivity contribution in [1.29, 1.82) is 0 Å². The van der Waals surface area contributed by atoms with Gasteiger partial charge in [0.15, 0.2) is 0 Å². The molecule has 2 aliphatic carbocycles. The van der Waals surface area contributed by atoms with Gasteiger partial charge in [-0.2, -0.15) is 0 Å². The molecule has 9 aromatic carbocycles. The third kappa shape index (κ3) is 6.51. The van der Waals surface area contributed by atoms with Gasteiger partial charge in [0.25, 0.3) is 0 Å². The zero-order chi connectivity index (χ0) is 42.8. The molecule has 13 rings (SSSR count). The van der Waals surface area contributed by atoms with E-state index in [1.807, 2.05) is 22.7 Å². The molecule has 0 aliphatic heterocycles. The first kappa shape index (κ1) is 38.0. The summed E-state index contributed by atoms with van der Waals surface area (Å²) < 4.78 is 5.26. The third-order valence-corrected chi connectivity index (χ3v) is 15.7. The van der Waals surface area contributed by atoms with Crippen LogP contribution in [0.25, 0.3) is 73.7 Å². The molecule has 0 bridgehead atoms. The highest BCUT2D eigenvalue weighted by molar-refractivity contribution is 7.26. The van der Waals surface area contributed by atoms with Crippen LogP contribution in [0.5, 0.6) is 0 Å². The Hall–Kier alpha value is -7.50. The van der Waals surface area contributed by atoms with Crippen molar-refractivity contribution >= 4 is 91.5 Å². The molecule has 1 unspecified atom stereocenters. The quantitative estimate of drug-likeness (QED) is 0.150.